The molecule has 0 aliphatic rings. The molecule has 0 radical (unpaired) electrons. The lowest BCUT2D eigenvalue weighted by Gasteiger charge is -2.15. The maximum Gasteiger partial charge on any atom is 0.163 e. The van der Waals surface area contributed by atoms with Crippen molar-refractivity contribution < 1.29 is 8.78 Å². The van der Waals surface area contributed by atoms with Gasteiger partial charge in [-0.1, -0.05) is 45.7 Å². The van der Waals surface area contributed by atoms with Gasteiger partial charge in [0, 0.05) is 15.1 Å². The molecule has 0 amide bonds. The predicted molar refractivity (Wildman–Crippen MR) is 71.5 cm³/mol. The van der Waals surface area contributed by atoms with Crippen LogP contribution in [0.2, 0.25) is 5.02 Å². The molecule has 0 aliphatic carbocycles. The van der Waals surface area contributed by atoms with E-state index in [1.807, 2.05) is 0 Å². The van der Waals surface area contributed by atoms with E-state index in [1.54, 1.807) is 18.2 Å². The molecule has 0 saturated carbocycles. The summed E-state index contributed by atoms with van der Waals surface area (Å²) < 4.78 is 27.6. The van der Waals surface area contributed by atoms with Gasteiger partial charge in [0.25, 0.3) is 0 Å². The van der Waals surface area contributed by atoms with Crippen molar-refractivity contribution in [1.82, 2.24) is 0 Å². The Hall–Kier alpha value is -0.970. The Morgan fingerprint density at radius 1 is 1.11 bits per heavy atom. The molecule has 1 nitrogen and oxygen atoms in total. The lowest BCUT2D eigenvalue weighted by Crippen LogP contribution is -2.14. The minimum absolute atomic E-state index is 0.0826. The largest absolute Gasteiger partial charge is 0.320 e. The lowest BCUT2D eigenvalue weighted by molar-refractivity contribution is 0.494. The third-order valence-electron chi connectivity index (χ3n) is 2.61. The number of nitrogens with two attached hydrogens (primary N) is 1. The predicted octanol–water partition coefficient (Wildman–Crippen LogP) is 4.43. The van der Waals surface area contributed by atoms with E-state index in [2.05, 4.69) is 15.9 Å². The van der Waals surface area contributed by atoms with E-state index < -0.39 is 17.7 Å². The second-order valence-corrected chi connectivity index (χ2v) is 5.11. The summed E-state index contributed by atoms with van der Waals surface area (Å²) >= 11 is 9.31. The highest BCUT2D eigenvalue weighted by molar-refractivity contribution is 9.10. The Morgan fingerprint density at radius 2 is 1.83 bits per heavy atom. The van der Waals surface area contributed by atoms with Gasteiger partial charge in [-0.3, -0.25) is 0 Å². The van der Waals surface area contributed by atoms with Gasteiger partial charge in [-0.2, -0.15) is 0 Å². The first-order valence-electron chi connectivity index (χ1n) is 5.15. The average molecular weight is 333 g/mol. The van der Waals surface area contributed by atoms with Gasteiger partial charge in [-0.15, -0.1) is 0 Å². The van der Waals surface area contributed by atoms with Crippen LogP contribution in [0.25, 0.3) is 0 Å². The zero-order valence-corrected chi connectivity index (χ0v) is 11.5. The summed E-state index contributed by atoms with van der Waals surface area (Å²) in [5, 5.41) is 0.403. The Bertz CT molecular complexity index is 589. The monoisotopic (exact) mass is 331 g/mol. The SMILES string of the molecule is NC(c1ccc(Br)cc1Cl)c1cccc(F)c1F. The van der Waals surface area contributed by atoms with Crippen molar-refractivity contribution in [1.29, 1.82) is 0 Å². The first kappa shape index (κ1) is 13.5. The van der Waals surface area contributed by atoms with Gasteiger partial charge in [0.1, 0.15) is 0 Å². The second-order valence-electron chi connectivity index (χ2n) is 3.79. The van der Waals surface area contributed by atoms with Crippen molar-refractivity contribution in [3.05, 3.63) is 68.7 Å². The fraction of sp³-hybridized carbons (Fsp3) is 0.0769. The van der Waals surface area contributed by atoms with Crippen molar-refractivity contribution in [2.45, 2.75) is 6.04 Å². The lowest BCUT2D eigenvalue weighted by atomic mass is 9.99. The molecular formula is C13H9BrClF2N. The smallest absolute Gasteiger partial charge is 0.163 e. The molecule has 2 N–H and O–H groups in total. The molecule has 0 aliphatic heterocycles. The summed E-state index contributed by atoms with van der Waals surface area (Å²) in [6.07, 6.45) is 0. The van der Waals surface area contributed by atoms with Crippen LogP contribution in [0.15, 0.2) is 40.9 Å². The van der Waals surface area contributed by atoms with Crippen molar-refractivity contribution in [2.75, 3.05) is 0 Å². The van der Waals surface area contributed by atoms with Gasteiger partial charge in [-0.05, 0) is 23.8 Å². The quantitative estimate of drug-likeness (QED) is 0.865. The van der Waals surface area contributed by atoms with Crippen LogP contribution < -0.4 is 5.73 Å². The number of halogens is 4. The number of rotatable bonds is 2. The molecule has 1 atom stereocenters. The molecule has 0 fully saturated rings. The molecule has 5 heteroatoms. The zero-order valence-electron chi connectivity index (χ0n) is 9.13. The Labute approximate surface area is 117 Å². The molecular weight excluding hydrogens is 324 g/mol. The Balaban J connectivity index is 2.48. The fourth-order valence-electron chi connectivity index (χ4n) is 1.68. The topological polar surface area (TPSA) is 26.0 Å². The summed E-state index contributed by atoms with van der Waals surface area (Å²) in [5.74, 6) is -1.86. The molecule has 2 aromatic rings. The van der Waals surface area contributed by atoms with E-state index in [4.69, 9.17) is 17.3 Å². The molecule has 0 saturated heterocycles. The highest BCUT2D eigenvalue weighted by Gasteiger charge is 2.18. The maximum atomic E-state index is 13.6. The van der Waals surface area contributed by atoms with Gasteiger partial charge in [-0.25, -0.2) is 8.78 Å². The molecule has 2 aromatic carbocycles. The average Bonchev–Trinajstić information content (AvgIpc) is 2.32. The van der Waals surface area contributed by atoms with Crippen LogP contribution in [-0.2, 0) is 0 Å². The molecule has 1 unspecified atom stereocenters. The van der Waals surface area contributed by atoms with Gasteiger partial charge < -0.3 is 5.73 Å². The number of hydrogen-bond donors (Lipinski definition) is 1. The van der Waals surface area contributed by atoms with Crippen molar-refractivity contribution in [3.63, 3.8) is 0 Å². The van der Waals surface area contributed by atoms with E-state index in [0.717, 1.165) is 10.5 Å². The van der Waals surface area contributed by atoms with Crippen LogP contribution in [0.1, 0.15) is 17.2 Å². The summed E-state index contributed by atoms with van der Waals surface area (Å²) in [5.41, 5.74) is 6.56. The number of hydrogen-bond acceptors (Lipinski definition) is 1. The fourth-order valence-corrected chi connectivity index (χ4v) is 2.47. The maximum absolute atomic E-state index is 13.6. The number of benzene rings is 2. The van der Waals surface area contributed by atoms with Crippen molar-refractivity contribution in [2.24, 2.45) is 5.73 Å². The van der Waals surface area contributed by atoms with Crippen LogP contribution in [0.4, 0.5) is 8.78 Å². The third kappa shape index (κ3) is 2.55. The summed E-state index contributed by atoms with van der Waals surface area (Å²) in [6.45, 7) is 0. The zero-order chi connectivity index (χ0) is 13.3. The molecule has 94 valence electrons. The van der Waals surface area contributed by atoms with Crippen LogP contribution in [0.3, 0.4) is 0 Å². The molecule has 18 heavy (non-hydrogen) atoms. The van der Waals surface area contributed by atoms with Gasteiger partial charge in [0.05, 0.1) is 6.04 Å². The molecule has 0 spiro atoms. The highest BCUT2D eigenvalue weighted by Crippen LogP contribution is 2.30. The molecule has 0 bridgehead atoms. The molecule has 2 rings (SSSR count). The van der Waals surface area contributed by atoms with E-state index in [9.17, 15) is 8.78 Å². The third-order valence-corrected chi connectivity index (χ3v) is 3.43. The highest BCUT2D eigenvalue weighted by atomic mass is 79.9. The Kier molecular flexibility index (Phi) is 4.00. The second kappa shape index (κ2) is 5.34. The minimum Gasteiger partial charge on any atom is -0.320 e. The standard InChI is InChI=1S/C13H9BrClF2N/c14-7-4-5-8(10(15)6-7)13(18)9-2-1-3-11(16)12(9)17/h1-6,13H,18H2. The summed E-state index contributed by atoms with van der Waals surface area (Å²) in [4.78, 5) is 0. The summed E-state index contributed by atoms with van der Waals surface area (Å²) in [7, 11) is 0. The van der Waals surface area contributed by atoms with Crippen molar-refractivity contribution >= 4 is 27.5 Å². The minimum atomic E-state index is -0.941. The molecule has 0 aromatic heterocycles. The normalized spacial score (nSPS) is 12.5. The van der Waals surface area contributed by atoms with Crippen LogP contribution in [-0.4, -0.2) is 0 Å². The van der Waals surface area contributed by atoms with Gasteiger partial charge in [0.15, 0.2) is 11.6 Å². The van der Waals surface area contributed by atoms with Gasteiger partial charge >= 0.3 is 0 Å². The summed E-state index contributed by atoms with van der Waals surface area (Å²) in [6, 6.07) is 8.20. The molecule has 0 heterocycles. The van der Waals surface area contributed by atoms with Gasteiger partial charge in [0.2, 0.25) is 0 Å². The first-order chi connectivity index (χ1) is 8.50. The van der Waals surface area contributed by atoms with Crippen LogP contribution >= 0.6 is 27.5 Å². The van der Waals surface area contributed by atoms with Crippen LogP contribution in [0, 0.1) is 11.6 Å². The first-order valence-corrected chi connectivity index (χ1v) is 6.32. The Morgan fingerprint density at radius 3 is 2.50 bits per heavy atom. The van der Waals surface area contributed by atoms with E-state index in [-0.39, 0.29) is 5.56 Å². The van der Waals surface area contributed by atoms with Crippen molar-refractivity contribution in [3.8, 4) is 0 Å². The van der Waals surface area contributed by atoms with Crippen LogP contribution in [0.5, 0.6) is 0 Å². The van der Waals surface area contributed by atoms with E-state index >= 15 is 0 Å². The van der Waals surface area contributed by atoms with E-state index in [1.165, 1.54) is 12.1 Å². The van der Waals surface area contributed by atoms with E-state index in [0.29, 0.717) is 10.6 Å².